The quantitative estimate of drug-likeness (QED) is 0.860. The molecule has 0 bridgehead atoms. The van der Waals surface area contributed by atoms with Gasteiger partial charge in [-0.1, -0.05) is 24.3 Å². The zero-order valence-electron chi connectivity index (χ0n) is 10.7. The van der Waals surface area contributed by atoms with Gasteiger partial charge in [0.1, 0.15) is 0 Å². The molecule has 5 nitrogen and oxygen atoms in total. The number of aromatic nitrogens is 2. The van der Waals surface area contributed by atoms with Crippen LogP contribution in [0.2, 0.25) is 0 Å². The summed E-state index contributed by atoms with van der Waals surface area (Å²) in [5.74, 6) is -0.823. The monoisotopic (exact) mass is 260 g/mol. The molecule has 1 N–H and O–H groups in total. The summed E-state index contributed by atoms with van der Waals surface area (Å²) < 4.78 is 6.82. The maximum Gasteiger partial charge on any atom is 0.307 e. The molecule has 1 aromatic carbocycles. The molecule has 0 amide bonds. The van der Waals surface area contributed by atoms with E-state index in [4.69, 9.17) is 9.84 Å². The highest BCUT2D eigenvalue weighted by Crippen LogP contribution is 2.17. The van der Waals surface area contributed by atoms with Gasteiger partial charge in [-0.05, 0) is 11.6 Å². The summed E-state index contributed by atoms with van der Waals surface area (Å²) in [6.07, 6.45) is 1.95. The number of benzene rings is 1. The van der Waals surface area contributed by atoms with Gasteiger partial charge < -0.3 is 9.84 Å². The molecule has 100 valence electrons. The summed E-state index contributed by atoms with van der Waals surface area (Å²) in [4.78, 5) is 10.6. The highest BCUT2D eigenvalue weighted by atomic mass is 16.5. The predicted molar refractivity (Wildman–Crippen MR) is 70.9 cm³/mol. The molecule has 0 saturated heterocycles. The third-order valence-corrected chi connectivity index (χ3v) is 2.77. The maximum atomic E-state index is 10.6. The van der Waals surface area contributed by atoms with Gasteiger partial charge in [0.25, 0.3) is 0 Å². The molecule has 19 heavy (non-hydrogen) atoms. The van der Waals surface area contributed by atoms with Gasteiger partial charge in [0, 0.05) is 18.9 Å². The first kappa shape index (κ1) is 13.3. The normalized spacial score (nSPS) is 10.6. The van der Waals surface area contributed by atoms with E-state index in [9.17, 15) is 4.79 Å². The number of carbonyl (C=O) groups is 1. The number of nitrogens with zero attached hydrogens (tertiary/aromatic N) is 2. The Balaban J connectivity index is 2.09. The maximum absolute atomic E-state index is 10.6. The number of hydrogen-bond donors (Lipinski definition) is 1. The van der Waals surface area contributed by atoms with Crippen LogP contribution in [0.3, 0.4) is 0 Å². The smallest absolute Gasteiger partial charge is 0.307 e. The van der Waals surface area contributed by atoms with Gasteiger partial charge in [-0.15, -0.1) is 0 Å². The third-order valence-electron chi connectivity index (χ3n) is 2.77. The second kappa shape index (κ2) is 6.15. The molecular formula is C14H16N2O3. The van der Waals surface area contributed by atoms with Crippen LogP contribution in [0.1, 0.15) is 5.56 Å². The Bertz CT molecular complexity index is 546. The number of carboxylic acids is 1. The van der Waals surface area contributed by atoms with E-state index in [-0.39, 0.29) is 6.42 Å². The van der Waals surface area contributed by atoms with Crippen LogP contribution in [-0.4, -0.2) is 34.6 Å². The minimum absolute atomic E-state index is 0.0442. The van der Waals surface area contributed by atoms with E-state index in [1.54, 1.807) is 7.11 Å². The Kier molecular flexibility index (Phi) is 4.30. The molecule has 0 unspecified atom stereocenters. The zero-order valence-corrected chi connectivity index (χ0v) is 10.7. The van der Waals surface area contributed by atoms with Gasteiger partial charge in [-0.3, -0.25) is 9.48 Å². The highest BCUT2D eigenvalue weighted by Gasteiger charge is 2.04. The van der Waals surface area contributed by atoms with Gasteiger partial charge in [0.05, 0.1) is 25.3 Å². The second-order valence-corrected chi connectivity index (χ2v) is 4.22. The molecule has 0 atom stereocenters. The van der Waals surface area contributed by atoms with Gasteiger partial charge in [0.2, 0.25) is 0 Å². The van der Waals surface area contributed by atoms with E-state index in [0.29, 0.717) is 13.2 Å². The van der Waals surface area contributed by atoms with Crippen molar-refractivity contribution >= 4 is 5.97 Å². The average Bonchev–Trinajstić information content (AvgIpc) is 2.85. The van der Waals surface area contributed by atoms with Crippen LogP contribution in [0.4, 0.5) is 0 Å². The average molecular weight is 260 g/mol. The van der Waals surface area contributed by atoms with Crippen molar-refractivity contribution < 1.29 is 14.6 Å². The first-order valence-electron chi connectivity index (χ1n) is 6.02. The molecule has 0 aliphatic heterocycles. The predicted octanol–water partition coefficient (Wildman–Crippen LogP) is 1.82. The lowest BCUT2D eigenvalue weighted by atomic mass is 10.1. The topological polar surface area (TPSA) is 64.3 Å². The van der Waals surface area contributed by atoms with Crippen molar-refractivity contribution in [3.8, 4) is 11.3 Å². The lowest BCUT2D eigenvalue weighted by molar-refractivity contribution is -0.136. The van der Waals surface area contributed by atoms with Crippen molar-refractivity contribution in [3.05, 3.63) is 42.1 Å². The van der Waals surface area contributed by atoms with Crippen molar-refractivity contribution in [2.45, 2.75) is 13.0 Å². The fraction of sp³-hybridized carbons (Fsp3) is 0.286. The van der Waals surface area contributed by atoms with E-state index in [0.717, 1.165) is 16.8 Å². The Hall–Kier alpha value is -2.14. The number of methoxy groups -OCH3 is 1. The van der Waals surface area contributed by atoms with E-state index in [1.807, 2.05) is 41.2 Å². The number of aliphatic carboxylic acids is 1. The highest BCUT2D eigenvalue weighted by molar-refractivity contribution is 5.70. The molecule has 2 rings (SSSR count). The Labute approximate surface area is 111 Å². The Morgan fingerprint density at radius 1 is 1.32 bits per heavy atom. The summed E-state index contributed by atoms with van der Waals surface area (Å²) in [5, 5.41) is 13.1. The molecule has 0 fully saturated rings. The van der Waals surface area contributed by atoms with Crippen LogP contribution >= 0.6 is 0 Å². The fourth-order valence-electron chi connectivity index (χ4n) is 1.79. The third kappa shape index (κ3) is 3.66. The Morgan fingerprint density at radius 3 is 2.68 bits per heavy atom. The van der Waals surface area contributed by atoms with Crippen LogP contribution in [0, 0.1) is 0 Å². The molecule has 0 spiro atoms. The molecule has 0 saturated carbocycles. The van der Waals surface area contributed by atoms with Crippen molar-refractivity contribution in [1.82, 2.24) is 9.78 Å². The van der Waals surface area contributed by atoms with Gasteiger partial charge in [-0.2, -0.15) is 5.10 Å². The minimum atomic E-state index is -0.823. The first-order valence-corrected chi connectivity index (χ1v) is 6.02. The molecule has 2 aromatic rings. The van der Waals surface area contributed by atoms with Crippen LogP contribution in [0.15, 0.2) is 36.5 Å². The van der Waals surface area contributed by atoms with Crippen molar-refractivity contribution in [2.24, 2.45) is 0 Å². The zero-order chi connectivity index (χ0) is 13.7. The molecule has 5 heteroatoms. The molecule has 0 aliphatic carbocycles. The summed E-state index contributed by atoms with van der Waals surface area (Å²) in [6, 6.07) is 9.35. The Morgan fingerprint density at radius 2 is 2.05 bits per heavy atom. The second-order valence-electron chi connectivity index (χ2n) is 4.22. The van der Waals surface area contributed by atoms with Crippen LogP contribution in [0.5, 0.6) is 0 Å². The van der Waals surface area contributed by atoms with Crippen molar-refractivity contribution in [3.63, 3.8) is 0 Å². The first-order chi connectivity index (χ1) is 9.19. The fourth-order valence-corrected chi connectivity index (χ4v) is 1.79. The van der Waals surface area contributed by atoms with Crippen molar-refractivity contribution in [2.75, 3.05) is 13.7 Å². The van der Waals surface area contributed by atoms with Gasteiger partial charge >= 0.3 is 5.97 Å². The molecule has 0 radical (unpaired) electrons. The van der Waals surface area contributed by atoms with Gasteiger partial charge in [0.15, 0.2) is 0 Å². The number of rotatable bonds is 6. The molecule has 0 aliphatic rings. The number of hydrogen-bond acceptors (Lipinski definition) is 3. The molecular weight excluding hydrogens is 244 g/mol. The largest absolute Gasteiger partial charge is 0.481 e. The van der Waals surface area contributed by atoms with E-state index >= 15 is 0 Å². The SMILES string of the molecule is COCCn1ccc(-c2ccc(CC(=O)O)cc2)n1. The van der Waals surface area contributed by atoms with Gasteiger partial charge in [-0.25, -0.2) is 0 Å². The van der Waals surface area contributed by atoms with Crippen LogP contribution in [0.25, 0.3) is 11.3 Å². The number of carboxylic acid groups (broad SMARTS) is 1. The summed E-state index contributed by atoms with van der Waals surface area (Å²) in [5.41, 5.74) is 2.64. The minimum Gasteiger partial charge on any atom is -0.481 e. The van der Waals surface area contributed by atoms with Crippen LogP contribution < -0.4 is 0 Å². The lowest BCUT2D eigenvalue weighted by Crippen LogP contribution is -2.04. The number of ether oxygens (including phenoxy) is 1. The summed E-state index contributed by atoms with van der Waals surface area (Å²) in [6.45, 7) is 1.34. The standard InChI is InChI=1S/C14H16N2O3/c1-19-9-8-16-7-6-13(15-16)12-4-2-11(3-5-12)10-14(17)18/h2-7H,8-10H2,1H3,(H,17,18). The molecule has 1 aromatic heterocycles. The van der Waals surface area contributed by atoms with Crippen molar-refractivity contribution in [1.29, 1.82) is 0 Å². The van der Waals surface area contributed by atoms with E-state index < -0.39 is 5.97 Å². The van der Waals surface area contributed by atoms with Crippen LogP contribution in [-0.2, 0) is 22.5 Å². The molecule has 1 heterocycles. The van der Waals surface area contributed by atoms with E-state index in [2.05, 4.69) is 5.10 Å². The lowest BCUT2D eigenvalue weighted by Gasteiger charge is -2.01. The van der Waals surface area contributed by atoms with E-state index in [1.165, 1.54) is 0 Å². The summed E-state index contributed by atoms with van der Waals surface area (Å²) in [7, 11) is 1.66. The summed E-state index contributed by atoms with van der Waals surface area (Å²) >= 11 is 0.